The molecule has 1 aromatic heterocycles. The summed E-state index contributed by atoms with van der Waals surface area (Å²) in [6, 6.07) is 14.6. The highest BCUT2D eigenvalue weighted by Crippen LogP contribution is 2.18. The zero-order valence-corrected chi connectivity index (χ0v) is 14.3. The molecule has 0 saturated carbocycles. The monoisotopic (exact) mass is 357 g/mol. The number of carbonyl (C=O) groups excluding carboxylic acids is 1. The van der Waals surface area contributed by atoms with Gasteiger partial charge in [0.05, 0.1) is 6.54 Å². The van der Waals surface area contributed by atoms with Crippen molar-refractivity contribution < 1.29 is 14.1 Å². The number of hydrogen-bond donors (Lipinski definition) is 1. The van der Waals surface area contributed by atoms with Gasteiger partial charge < -0.3 is 14.6 Å². The first-order valence-electron chi connectivity index (χ1n) is 7.65. The van der Waals surface area contributed by atoms with Crippen molar-refractivity contribution in [1.82, 2.24) is 15.5 Å². The number of amides is 1. The maximum atomic E-state index is 11.8. The Hall–Kier alpha value is -2.86. The van der Waals surface area contributed by atoms with E-state index >= 15 is 0 Å². The number of ether oxygens (including phenoxy) is 1. The molecular weight excluding hydrogens is 342 g/mol. The first-order valence-corrected chi connectivity index (χ1v) is 8.02. The summed E-state index contributed by atoms with van der Waals surface area (Å²) in [4.78, 5) is 16.1. The van der Waals surface area contributed by atoms with Crippen LogP contribution in [0.1, 0.15) is 11.5 Å². The molecule has 0 unspecified atom stereocenters. The average molecular weight is 358 g/mol. The van der Waals surface area contributed by atoms with E-state index in [1.54, 1.807) is 24.3 Å². The molecule has 0 spiro atoms. The van der Waals surface area contributed by atoms with Crippen LogP contribution in [0.2, 0.25) is 5.02 Å². The molecule has 3 rings (SSSR count). The van der Waals surface area contributed by atoms with Crippen LogP contribution in [0.15, 0.2) is 53.1 Å². The number of nitrogens with zero attached hydrogens (tertiary/aromatic N) is 2. The molecule has 128 valence electrons. The van der Waals surface area contributed by atoms with E-state index < -0.39 is 0 Å². The van der Waals surface area contributed by atoms with Gasteiger partial charge in [-0.05, 0) is 43.3 Å². The third kappa shape index (κ3) is 4.81. The number of rotatable bonds is 6. The number of aromatic nitrogens is 2. The van der Waals surface area contributed by atoms with Crippen molar-refractivity contribution in [2.45, 2.75) is 13.5 Å². The van der Waals surface area contributed by atoms with E-state index in [-0.39, 0.29) is 19.1 Å². The molecule has 6 nitrogen and oxygen atoms in total. The fourth-order valence-electron chi connectivity index (χ4n) is 2.05. The van der Waals surface area contributed by atoms with E-state index in [2.05, 4.69) is 15.5 Å². The molecule has 3 aromatic rings. The minimum Gasteiger partial charge on any atom is -0.484 e. The fourth-order valence-corrected chi connectivity index (χ4v) is 2.18. The van der Waals surface area contributed by atoms with Crippen LogP contribution < -0.4 is 10.1 Å². The van der Waals surface area contributed by atoms with Crippen molar-refractivity contribution >= 4 is 17.5 Å². The van der Waals surface area contributed by atoms with E-state index in [0.29, 0.717) is 22.5 Å². The van der Waals surface area contributed by atoms with E-state index in [9.17, 15) is 4.79 Å². The Morgan fingerprint density at radius 2 is 1.88 bits per heavy atom. The molecule has 25 heavy (non-hydrogen) atoms. The Labute approximate surface area is 149 Å². The molecule has 1 amide bonds. The van der Waals surface area contributed by atoms with E-state index in [0.717, 1.165) is 11.1 Å². The predicted octanol–water partition coefficient (Wildman–Crippen LogP) is 3.39. The lowest BCUT2D eigenvalue weighted by molar-refractivity contribution is -0.123. The summed E-state index contributed by atoms with van der Waals surface area (Å²) in [6.45, 7) is 2.04. The largest absolute Gasteiger partial charge is 0.484 e. The van der Waals surface area contributed by atoms with E-state index in [4.69, 9.17) is 20.9 Å². The average Bonchev–Trinajstić information content (AvgIpc) is 3.09. The molecule has 0 radical (unpaired) electrons. The summed E-state index contributed by atoms with van der Waals surface area (Å²) in [5, 5.41) is 7.19. The molecule has 0 fully saturated rings. The Morgan fingerprint density at radius 1 is 1.16 bits per heavy atom. The van der Waals surface area contributed by atoms with Crippen molar-refractivity contribution in [2.24, 2.45) is 0 Å². The summed E-state index contributed by atoms with van der Waals surface area (Å²) < 4.78 is 10.5. The molecule has 0 bridgehead atoms. The number of aryl methyl sites for hydroxylation is 1. The molecular formula is C18H16ClN3O3. The molecule has 0 saturated heterocycles. The van der Waals surface area contributed by atoms with Crippen molar-refractivity contribution in [3.8, 4) is 17.1 Å². The number of benzene rings is 2. The van der Waals surface area contributed by atoms with Crippen molar-refractivity contribution in [1.29, 1.82) is 0 Å². The molecule has 0 atom stereocenters. The summed E-state index contributed by atoms with van der Waals surface area (Å²) in [7, 11) is 0. The first kappa shape index (κ1) is 17.0. The van der Waals surface area contributed by atoms with Crippen molar-refractivity contribution in [2.75, 3.05) is 6.61 Å². The number of hydrogen-bond acceptors (Lipinski definition) is 5. The zero-order valence-electron chi connectivity index (χ0n) is 13.5. The molecule has 7 heteroatoms. The lowest BCUT2D eigenvalue weighted by Gasteiger charge is -2.06. The summed E-state index contributed by atoms with van der Waals surface area (Å²) in [5.41, 5.74) is 1.91. The molecule has 0 aliphatic carbocycles. The van der Waals surface area contributed by atoms with Crippen LogP contribution in [0.25, 0.3) is 11.4 Å². The topological polar surface area (TPSA) is 77.2 Å². The van der Waals surface area contributed by atoms with Crippen LogP contribution in [0.5, 0.6) is 5.75 Å². The van der Waals surface area contributed by atoms with Crippen LogP contribution >= 0.6 is 11.6 Å². The van der Waals surface area contributed by atoms with Crippen LogP contribution in [0.3, 0.4) is 0 Å². The van der Waals surface area contributed by atoms with Gasteiger partial charge in [-0.2, -0.15) is 4.98 Å². The van der Waals surface area contributed by atoms with E-state index in [1.165, 1.54) is 0 Å². The second-order valence-corrected chi connectivity index (χ2v) is 5.83. The van der Waals surface area contributed by atoms with Gasteiger partial charge in [0.15, 0.2) is 6.61 Å². The molecule has 0 aliphatic rings. The van der Waals surface area contributed by atoms with Crippen molar-refractivity contribution in [3.05, 3.63) is 65.0 Å². The van der Waals surface area contributed by atoms with Crippen LogP contribution in [0.4, 0.5) is 0 Å². The van der Waals surface area contributed by atoms with Crippen LogP contribution in [-0.4, -0.2) is 22.7 Å². The van der Waals surface area contributed by atoms with Gasteiger partial charge in [0.25, 0.3) is 5.91 Å². The number of nitrogens with one attached hydrogen (secondary N) is 1. The Kier molecular flexibility index (Phi) is 5.30. The number of carbonyl (C=O) groups is 1. The van der Waals surface area contributed by atoms with E-state index in [1.807, 2.05) is 31.2 Å². The molecule has 2 aromatic carbocycles. The van der Waals surface area contributed by atoms with Gasteiger partial charge in [-0.1, -0.05) is 34.5 Å². The summed E-state index contributed by atoms with van der Waals surface area (Å²) in [6.07, 6.45) is 0. The zero-order chi connectivity index (χ0) is 17.6. The minimum atomic E-state index is -0.271. The summed E-state index contributed by atoms with van der Waals surface area (Å²) >= 11 is 5.85. The van der Waals surface area contributed by atoms with Gasteiger partial charge in [-0.15, -0.1) is 0 Å². The molecule has 1 N–H and O–H groups in total. The smallest absolute Gasteiger partial charge is 0.258 e. The lowest BCUT2D eigenvalue weighted by Crippen LogP contribution is -2.28. The SMILES string of the molecule is Cc1ccc(OCC(=O)NCc2nc(-c3ccc(Cl)cc3)no2)cc1. The second kappa shape index (κ2) is 7.81. The highest BCUT2D eigenvalue weighted by molar-refractivity contribution is 6.30. The molecule has 0 aliphatic heterocycles. The first-order chi connectivity index (χ1) is 12.1. The Morgan fingerprint density at radius 3 is 2.60 bits per heavy atom. The van der Waals surface area contributed by atoms with Gasteiger partial charge in [-0.3, -0.25) is 4.79 Å². The third-order valence-corrected chi connectivity index (χ3v) is 3.65. The lowest BCUT2D eigenvalue weighted by atomic mass is 10.2. The van der Waals surface area contributed by atoms with Gasteiger partial charge in [0.2, 0.25) is 11.7 Å². The van der Waals surface area contributed by atoms with Gasteiger partial charge in [0.1, 0.15) is 5.75 Å². The van der Waals surface area contributed by atoms with Gasteiger partial charge >= 0.3 is 0 Å². The second-order valence-electron chi connectivity index (χ2n) is 5.40. The van der Waals surface area contributed by atoms with Gasteiger partial charge in [-0.25, -0.2) is 0 Å². The predicted molar refractivity (Wildman–Crippen MR) is 93.3 cm³/mol. The normalized spacial score (nSPS) is 10.5. The fraction of sp³-hybridized carbons (Fsp3) is 0.167. The minimum absolute atomic E-state index is 0.0821. The standard InChI is InChI=1S/C18H16ClN3O3/c1-12-2-8-15(9-3-12)24-11-16(23)20-10-17-21-18(22-25-17)13-4-6-14(19)7-5-13/h2-9H,10-11H2,1H3,(H,20,23). The Balaban J connectivity index is 1.49. The summed E-state index contributed by atoms with van der Waals surface area (Å²) in [5.74, 6) is 1.13. The maximum Gasteiger partial charge on any atom is 0.258 e. The van der Waals surface area contributed by atoms with Crippen LogP contribution in [-0.2, 0) is 11.3 Å². The third-order valence-electron chi connectivity index (χ3n) is 3.40. The molecule has 1 heterocycles. The number of halogens is 1. The maximum absolute atomic E-state index is 11.8. The quantitative estimate of drug-likeness (QED) is 0.731. The van der Waals surface area contributed by atoms with Crippen LogP contribution in [0, 0.1) is 6.92 Å². The highest BCUT2D eigenvalue weighted by Gasteiger charge is 2.10. The Bertz CT molecular complexity index is 845. The van der Waals surface area contributed by atoms with Crippen molar-refractivity contribution in [3.63, 3.8) is 0 Å². The van der Waals surface area contributed by atoms with Gasteiger partial charge in [0, 0.05) is 10.6 Å². The highest BCUT2D eigenvalue weighted by atomic mass is 35.5.